The van der Waals surface area contributed by atoms with Gasteiger partial charge in [-0.3, -0.25) is 9.59 Å². The molecule has 2 aliphatic heterocycles. The number of likely N-dealkylation sites (tertiary alicyclic amines) is 1. The van der Waals surface area contributed by atoms with Crippen LogP contribution < -0.4 is 16.4 Å². The Morgan fingerprint density at radius 1 is 1.19 bits per heavy atom. The third-order valence-electron chi connectivity index (χ3n) is 5.95. The Kier molecular flexibility index (Phi) is 6.08. The van der Waals surface area contributed by atoms with Gasteiger partial charge in [0.15, 0.2) is 0 Å². The second-order valence-corrected chi connectivity index (χ2v) is 8.54. The molecule has 4 rings (SSSR count). The molecule has 2 saturated heterocycles. The molecule has 0 saturated carbocycles. The van der Waals surface area contributed by atoms with Gasteiger partial charge >= 0.3 is 11.8 Å². The zero-order chi connectivity index (χ0) is 22.0. The van der Waals surface area contributed by atoms with E-state index in [1.54, 1.807) is 17.9 Å². The van der Waals surface area contributed by atoms with Crippen LogP contribution in [0.3, 0.4) is 0 Å². The number of nitrogens with two attached hydrogens (primary N) is 1. The summed E-state index contributed by atoms with van der Waals surface area (Å²) < 4.78 is 5.20. The highest BCUT2D eigenvalue weighted by Gasteiger charge is 2.34. The number of pyridine rings is 1. The minimum absolute atomic E-state index is 0. The molecule has 2 atom stereocenters. The van der Waals surface area contributed by atoms with E-state index in [0.29, 0.717) is 30.0 Å². The largest absolute Gasteiger partial charge is 0.383 e. The van der Waals surface area contributed by atoms with Gasteiger partial charge in [0.2, 0.25) is 0 Å². The lowest BCUT2D eigenvalue weighted by Crippen LogP contribution is -2.46. The van der Waals surface area contributed by atoms with Gasteiger partial charge in [-0.15, -0.1) is 0 Å². The highest BCUT2D eigenvalue weighted by molar-refractivity contribution is 6.39. The van der Waals surface area contributed by atoms with E-state index in [2.05, 4.69) is 22.5 Å². The summed E-state index contributed by atoms with van der Waals surface area (Å²) in [5.74, 6) is -0.446. The van der Waals surface area contributed by atoms with E-state index in [1.807, 2.05) is 24.3 Å². The minimum atomic E-state index is -0.659. The number of hydrogen-bond acceptors (Lipinski definition) is 6. The fourth-order valence-corrected chi connectivity index (χ4v) is 4.05. The van der Waals surface area contributed by atoms with Crippen LogP contribution in [0.4, 0.5) is 17.2 Å². The Labute approximate surface area is 183 Å². The summed E-state index contributed by atoms with van der Waals surface area (Å²) in [4.78, 5) is 31.5. The summed E-state index contributed by atoms with van der Waals surface area (Å²) in [5.41, 5.74) is 9.01. The monoisotopic (exact) mass is 425 g/mol. The Hall–Kier alpha value is -3.13. The molecule has 8 heteroatoms. The second-order valence-electron chi connectivity index (χ2n) is 8.54. The molecule has 4 N–H and O–H groups in total. The molecule has 3 heterocycles. The summed E-state index contributed by atoms with van der Waals surface area (Å²) in [6.07, 6.45) is 3.30. The van der Waals surface area contributed by atoms with Crippen molar-refractivity contribution >= 4 is 29.0 Å². The normalized spacial score (nSPS) is 21.3. The van der Waals surface area contributed by atoms with E-state index >= 15 is 0 Å². The molecule has 0 spiro atoms. The number of aromatic nitrogens is 1. The zero-order valence-electron chi connectivity index (χ0n) is 17.9. The molecular formula is C23H31N5O3. The highest BCUT2D eigenvalue weighted by Crippen LogP contribution is 2.34. The van der Waals surface area contributed by atoms with Crippen LogP contribution in [0.25, 0.3) is 0 Å². The van der Waals surface area contributed by atoms with E-state index in [0.717, 1.165) is 42.9 Å². The van der Waals surface area contributed by atoms with E-state index in [-0.39, 0.29) is 7.47 Å². The molecule has 2 aromatic rings. The van der Waals surface area contributed by atoms with Crippen LogP contribution in [0.15, 0.2) is 36.5 Å². The molecule has 1 aromatic heterocycles. The first-order valence-electron chi connectivity index (χ1n) is 10.7. The average molecular weight is 426 g/mol. The van der Waals surface area contributed by atoms with Gasteiger partial charge in [0, 0.05) is 13.7 Å². The van der Waals surface area contributed by atoms with Gasteiger partial charge in [0.25, 0.3) is 0 Å². The summed E-state index contributed by atoms with van der Waals surface area (Å²) in [6.45, 7) is 5.91. The number of aryl methyl sites for hydroxylation is 1. The lowest BCUT2D eigenvalue weighted by atomic mass is 9.89. The third-order valence-corrected chi connectivity index (χ3v) is 5.95. The molecule has 8 nitrogen and oxygen atoms in total. The fraction of sp³-hybridized carbons (Fsp3) is 0.435. The number of amides is 2. The highest BCUT2D eigenvalue weighted by atomic mass is 16.5. The van der Waals surface area contributed by atoms with Crippen LogP contribution in [0.5, 0.6) is 0 Å². The number of nitrogen functional groups attached to an aromatic ring is 1. The van der Waals surface area contributed by atoms with E-state index in [4.69, 9.17) is 10.5 Å². The first-order valence-corrected chi connectivity index (χ1v) is 10.7. The maximum Gasteiger partial charge on any atom is 0.313 e. The summed E-state index contributed by atoms with van der Waals surface area (Å²) >= 11 is 0. The summed E-state index contributed by atoms with van der Waals surface area (Å²) in [6, 6.07) is 10.1. The number of benzene rings is 1. The van der Waals surface area contributed by atoms with Crippen molar-refractivity contribution in [2.24, 2.45) is 5.92 Å². The molecule has 1 aromatic carbocycles. The number of piperidine rings is 1. The number of carbonyl (C=O) groups is 2. The number of ether oxygens (including phenoxy) is 1. The summed E-state index contributed by atoms with van der Waals surface area (Å²) in [5, 5.41) is 6.09. The zero-order valence-corrected chi connectivity index (χ0v) is 17.9. The van der Waals surface area contributed by atoms with Gasteiger partial charge < -0.3 is 26.0 Å². The second kappa shape index (κ2) is 8.93. The molecule has 2 amide bonds. The number of rotatable bonds is 4. The van der Waals surface area contributed by atoms with Crippen LogP contribution in [-0.4, -0.2) is 47.5 Å². The molecule has 2 aliphatic rings. The van der Waals surface area contributed by atoms with Crippen LogP contribution >= 0.6 is 0 Å². The van der Waals surface area contributed by atoms with E-state index in [1.165, 1.54) is 6.20 Å². The van der Waals surface area contributed by atoms with E-state index in [9.17, 15) is 9.59 Å². The van der Waals surface area contributed by atoms with Gasteiger partial charge in [0.05, 0.1) is 37.2 Å². The summed E-state index contributed by atoms with van der Waals surface area (Å²) in [7, 11) is 0. The van der Waals surface area contributed by atoms with Gasteiger partial charge in [-0.25, -0.2) is 4.98 Å². The predicted molar refractivity (Wildman–Crippen MR) is 122 cm³/mol. The number of nitrogens with one attached hydrogen (secondary N) is 2. The maximum atomic E-state index is 13.1. The first kappa shape index (κ1) is 21.1. The molecule has 166 valence electrons. The maximum absolute atomic E-state index is 13.1. The molecule has 0 unspecified atom stereocenters. The van der Waals surface area contributed by atoms with Crippen LogP contribution in [0.1, 0.15) is 38.4 Å². The number of nitrogens with zero attached hydrogens (tertiary/aromatic N) is 2. The van der Waals surface area contributed by atoms with Crippen molar-refractivity contribution in [2.45, 2.75) is 38.8 Å². The van der Waals surface area contributed by atoms with Gasteiger partial charge in [-0.2, -0.15) is 0 Å². The molecule has 31 heavy (non-hydrogen) atoms. The van der Waals surface area contributed by atoms with Crippen molar-refractivity contribution in [3.05, 3.63) is 47.7 Å². The van der Waals surface area contributed by atoms with Crippen molar-refractivity contribution in [1.29, 1.82) is 0 Å². The Morgan fingerprint density at radius 2 is 1.94 bits per heavy atom. The Bertz CT molecular complexity index is 965. The lowest BCUT2D eigenvalue weighted by Gasteiger charge is -2.38. The minimum Gasteiger partial charge on any atom is -0.383 e. The average Bonchev–Trinajstić information content (AvgIpc) is 2.73. The topological polar surface area (TPSA) is 110 Å². The van der Waals surface area contributed by atoms with Crippen LogP contribution in [0, 0.1) is 12.8 Å². The first-order chi connectivity index (χ1) is 14.9. The number of hydrogen-bond donors (Lipinski definition) is 3. The molecule has 2 fully saturated rings. The van der Waals surface area contributed by atoms with Gasteiger partial charge in [-0.1, -0.05) is 19.1 Å². The quantitative estimate of drug-likeness (QED) is 0.650. The molecule has 0 radical (unpaired) electrons. The van der Waals surface area contributed by atoms with Crippen molar-refractivity contribution in [3.8, 4) is 0 Å². The van der Waals surface area contributed by atoms with Gasteiger partial charge in [-0.05, 0) is 55.0 Å². The van der Waals surface area contributed by atoms with E-state index < -0.39 is 11.8 Å². The SMILES string of the molecule is Cc1cc(NC(=O)C(=O)N2C[C@H](C)CC[C@H]2c2ccc(NC3COC3)cc2)cnc1N.[HH]. The van der Waals surface area contributed by atoms with Crippen LogP contribution in [0.2, 0.25) is 0 Å². The third kappa shape index (κ3) is 4.80. The van der Waals surface area contributed by atoms with Crippen molar-refractivity contribution in [1.82, 2.24) is 9.88 Å². The molecular weight excluding hydrogens is 394 g/mol. The Morgan fingerprint density at radius 3 is 2.58 bits per heavy atom. The number of carbonyl (C=O) groups excluding carboxylic acids is 2. The number of anilines is 3. The van der Waals surface area contributed by atoms with Crippen molar-refractivity contribution in [2.75, 3.05) is 36.1 Å². The van der Waals surface area contributed by atoms with Crippen molar-refractivity contribution < 1.29 is 15.8 Å². The fourth-order valence-electron chi connectivity index (χ4n) is 4.05. The standard InChI is InChI=1S/C23H29N5O3.H2/c1-14-3-8-20(16-4-6-17(7-5-16)26-19-12-31-13-19)28(11-14)23(30)22(29)27-18-9-15(2)21(24)25-10-18;/h4-7,9-10,14,19-20,26H,3,8,11-13H2,1-2H3,(H2,24,25)(H,27,29);1H/t14-,20+;/m1./s1. The Balaban J connectivity index is 0.00000289. The van der Waals surface area contributed by atoms with Crippen LogP contribution in [-0.2, 0) is 14.3 Å². The van der Waals surface area contributed by atoms with Gasteiger partial charge in [0.1, 0.15) is 5.82 Å². The smallest absolute Gasteiger partial charge is 0.313 e. The lowest BCUT2D eigenvalue weighted by molar-refractivity contribution is -0.146. The molecule has 0 bridgehead atoms. The predicted octanol–water partition coefficient (Wildman–Crippen LogP) is 2.97. The van der Waals surface area contributed by atoms with Crippen molar-refractivity contribution in [3.63, 3.8) is 0 Å². The molecule has 0 aliphatic carbocycles.